The number of nitrogens with two attached hydrogens (primary N) is 1. The van der Waals surface area contributed by atoms with E-state index < -0.39 is 0 Å². The molecule has 0 radical (unpaired) electrons. The second-order valence-corrected chi connectivity index (χ2v) is 4.30. The van der Waals surface area contributed by atoms with E-state index in [1.54, 1.807) is 0 Å². The highest BCUT2D eigenvalue weighted by Crippen LogP contribution is 1.87. The predicted octanol–water partition coefficient (Wildman–Crippen LogP) is -4.23. The lowest BCUT2D eigenvalue weighted by Gasteiger charge is -2.23. The van der Waals surface area contributed by atoms with Crippen LogP contribution in [0.1, 0.15) is 0 Å². The highest BCUT2D eigenvalue weighted by atomic mass is 35.5. The number of nitrogens with zero attached hydrogens (tertiary/aromatic N) is 1. The summed E-state index contributed by atoms with van der Waals surface area (Å²) in [5.41, 5.74) is 8.23. The van der Waals surface area contributed by atoms with Crippen LogP contribution in [0.5, 0.6) is 0 Å². The van der Waals surface area contributed by atoms with Crippen molar-refractivity contribution in [1.29, 1.82) is 0 Å². The summed E-state index contributed by atoms with van der Waals surface area (Å²) in [4.78, 5) is 5.25. The van der Waals surface area contributed by atoms with Gasteiger partial charge in [0.2, 0.25) is 0 Å². The Morgan fingerprint density at radius 3 is 2.33 bits per heavy atom. The second kappa shape index (κ2) is 10.6. The molecule has 0 heterocycles. The Morgan fingerprint density at radius 2 is 1.80 bits per heavy atom. The van der Waals surface area contributed by atoms with Crippen LogP contribution in [-0.2, 0) is 4.84 Å². The number of nitrogens with one attached hydrogen (secondary N) is 2. The standard InChI is InChI=1S/C9H25N4O.ClH/c1-13(2,3)8-9-14-12-7-6-11-5-4-10;/h11-12H,4-10H2,1-3H3;1H/q+1;/p-1. The minimum atomic E-state index is 0. The lowest BCUT2D eigenvalue weighted by molar-refractivity contribution is -0.871. The molecular weight excluding hydrogens is 216 g/mol. The zero-order valence-electron chi connectivity index (χ0n) is 10.1. The summed E-state index contributed by atoms with van der Waals surface area (Å²) in [6.07, 6.45) is 0. The fraction of sp³-hybridized carbons (Fsp3) is 1.00. The van der Waals surface area contributed by atoms with Crippen LogP contribution < -0.4 is 28.9 Å². The maximum Gasteiger partial charge on any atom is 0.117 e. The first-order valence-electron chi connectivity index (χ1n) is 5.12. The van der Waals surface area contributed by atoms with E-state index >= 15 is 0 Å². The molecule has 0 aromatic rings. The summed E-state index contributed by atoms with van der Waals surface area (Å²) in [7, 11) is 6.44. The molecule has 0 aliphatic carbocycles. The zero-order valence-corrected chi connectivity index (χ0v) is 10.8. The van der Waals surface area contributed by atoms with Gasteiger partial charge in [-0.25, -0.2) is 5.48 Å². The molecule has 0 bridgehead atoms. The maximum atomic E-state index is 5.32. The number of hydroxylamine groups is 1. The van der Waals surface area contributed by atoms with Crippen molar-refractivity contribution in [3.8, 4) is 0 Å². The third kappa shape index (κ3) is 16.7. The average Bonchev–Trinajstić information content (AvgIpc) is 2.08. The highest BCUT2D eigenvalue weighted by molar-refractivity contribution is 4.46. The predicted molar refractivity (Wildman–Crippen MR) is 58.8 cm³/mol. The maximum absolute atomic E-state index is 5.32. The van der Waals surface area contributed by atoms with Gasteiger partial charge in [0.05, 0.1) is 21.1 Å². The molecular formula is C9H25ClN4O. The van der Waals surface area contributed by atoms with Crippen LogP contribution in [0.15, 0.2) is 0 Å². The number of rotatable bonds is 9. The fourth-order valence-corrected chi connectivity index (χ4v) is 0.830. The first kappa shape index (κ1) is 17.5. The van der Waals surface area contributed by atoms with E-state index in [0.717, 1.165) is 37.3 Å². The van der Waals surface area contributed by atoms with E-state index in [2.05, 4.69) is 31.9 Å². The van der Waals surface area contributed by atoms with Crippen LogP contribution in [0.4, 0.5) is 0 Å². The molecule has 0 unspecified atom stereocenters. The zero-order chi connectivity index (χ0) is 10.9. The van der Waals surface area contributed by atoms with Crippen molar-refractivity contribution in [2.24, 2.45) is 5.73 Å². The van der Waals surface area contributed by atoms with Gasteiger partial charge in [0.25, 0.3) is 0 Å². The Hall–Kier alpha value is 0.0900. The first-order chi connectivity index (χ1) is 6.56. The summed E-state index contributed by atoms with van der Waals surface area (Å²) in [6.45, 7) is 4.99. The van der Waals surface area contributed by atoms with Crippen molar-refractivity contribution in [3.05, 3.63) is 0 Å². The smallest absolute Gasteiger partial charge is 0.117 e. The molecule has 5 nitrogen and oxygen atoms in total. The van der Waals surface area contributed by atoms with E-state index in [0.29, 0.717) is 6.54 Å². The lowest BCUT2D eigenvalue weighted by atomic mass is 10.5. The summed E-state index contributed by atoms with van der Waals surface area (Å²) in [5, 5.41) is 3.17. The molecule has 0 aliphatic rings. The molecule has 0 aromatic carbocycles. The van der Waals surface area contributed by atoms with Crippen LogP contribution >= 0.6 is 0 Å². The molecule has 0 atom stereocenters. The second-order valence-electron chi connectivity index (χ2n) is 4.30. The van der Waals surface area contributed by atoms with Gasteiger partial charge < -0.3 is 27.9 Å². The van der Waals surface area contributed by atoms with Crippen molar-refractivity contribution in [2.75, 3.05) is 60.5 Å². The van der Waals surface area contributed by atoms with Crippen molar-refractivity contribution in [3.63, 3.8) is 0 Å². The molecule has 6 heteroatoms. The topological polar surface area (TPSA) is 59.3 Å². The van der Waals surface area contributed by atoms with Gasteiger partial charge in [-0.1, -0.05) is 0 Å². The van der Waals surface area contributed by atoms with Crippen molar-refractivity contribution in [2.45, 2.75) is 0 Å². The molecule has 15 heavy (non-hydrogen) atoms. The number of halogens is 1. The number of quaternary nitrogens is 1. The quantitative estimate of drug-likeness (QED) is 0.217. The van der Waals surface area contributed by atoms with Crippen LogP contribution in [0.25, 0.3) is 0 Å². The van der Waals surface area contributed by atoms with Crippen LogP contribution in [0.3, 0.4) is 0 Å². The minimum Gasteiger partial charge on any atom is -1.00 e. The monoisotopic (exact) mass is 240 g/mol. The Labute approximate surface area is 99.3 Å². The Bertz CT molecular complexity index is 130. The number of hydrogen-bond acceptors (Lipinski definition) is 4. The molecule has 0 rings (SSSR count). The van der Waals surface area contributed by atoms with Gasteiger partial charge >= 0.3 is 0 Å². The van der Waals surface area contributed by atoms with Crippen molar-refractivity contribution < 1.29 is 21.7 Å². The van der Waals surface area contributed by atoms with E-state index in [9.17, 15) is 0 Å². The molecule has 4 N–H and O–H groups in total. The van der Waals surface area contributed by atoms with Gasteiger partial charge in [0.15, 0.2) is 0 Å². The van der Waals surface area contributed by atoms with Gasteiger partial charge in [-0.15, -0.1) is 0 Å². The molecule has 0 saturated heterocycles. The van der Waals surface area contributed by atoms with Gasteiger partial charge in [-0.3, -0.25) is 4.84 Å². The lowest BCUT2D eigenvalue weighted by Crippen LogP contribution is -3.00. The Balaban J connectivity index is 0. The SMILES string of the molecule is C[N+](C)(C)CCONCCNCCN.[Cl-]. The average molecular weight is 241 g/mol. The molecule has 0 aliphatic heterocycles. The summed E-state index contributed by atoms with van der Waals surface area (Å²) in [5.74, 6) is 0. The van der Waals surface area contributed by atoms with E-state index in [4.69, 9.17) is 10.6 Å². The van der Waals surface area contributed by atoms with Gasteiger partial charge in [0, 0.05) is 26.2 Å². The van der Waals surface area contributed by atoms with Crippen LogP contribution in [-0.4, -0.2) is 65.0 Å². The molecule has 94 valence electrons. The normalized spacial score (nSPS) is 11.2. The largest absolute Gasteiger partial charge is 1.00 e. The van der Waals surface area contributed by atoms with Crippen molar-refractivity contribution in [1.82, 2.24) is 10.8 Å². The van der Waals surface area contributed by atoms with Gasteiger partial charge in [0.1, 0.15) is 13.2 Å². The summed E-state index contributed by atoms with van der Waals surface area (Å²) in [6, 6.07) is 0. The van der Waals surface area contributed by atoms with Gasteiger partial charge in [-0.2, -0.15) is 0 Å². The molecule has 0 fully saturated rings. The fourth-order valence-electron chi connectivity index (χ4n) is 0.830. The third-order valence-electron chi connectivity index (χ3n) is 1.69. The number of hydrogen-bond donors (Lipinski definition) is 3. The molecule has 0 amide bonds. The van der Waals surface area contributed by atoms with Crippen LogP contribution in [0.2, 0.25) is 0 Å². The molecule has 0 saturated carbocycles. The molecule has 0 aromatic heterocycles. The van der Waals surface area contributed by atoms with E-state index in [-0.39, 0.29) is 12.4 Å². The highest BCUT2D eigenvalue weighted by Gasteiger charge is 2.05. The minimum absolute atomic E-state index is 0. The van der Waals surface area contributed by atoms with E-state index in [1.807, 2.05) is 0 Å². The first-order valence-corrected chi connectivity index (χ1v) is 5.12. The summed E-state index contributed by atoms with van der Waals surface area (Å²) < 4.78 is 0.924. The summed E-state index contributed by atoms with van der Waals surface area (Å²) >= 11 is 0. The van der Waals surface area contributed by atoms with Crippen LogP contribution in [0, 0.1) is 0 Å². The third-order valence-corrected chi connectivity index (χ3v) is 1.69. The van der Waals surface area contributed by atoms with E-state index in [1.165, 1.54) is 0 Å². The Morgan fingerprint density at radius 1 is 1.13 bits per heavy atom. The van der Waals surface area contributed by atoms with Crippen molar-refractivity contribution >= 4 is 0 Å². The number of likely N-dealkylation sites (N-methyl/N-ethyl adjacent to an activating group) is 1. The molecule has 0 spiro atoms. The van der Waals surface area contributed by atoms with Gasteiger partial charge in [-0.05, 0) is 0 Å². The Kier molecular flexibility index (Phi) is 12.4.